The molecule has 0 saturated heterocycles. The van der Waals surface area contributed by atoms with E-state index in [1.54, 1.807) is 18.2 Å². The fourth-order valence-corrected chi connectivity index (χ4v) is 2.14. The second-order valence-electron chi connectivity index (χ2n) is 4.74. The van der Waals surface area contributed by atoms with Gasteiger partial charge >= 0.3 is 5.97 Å². The summed E-state index contributed by atoms with van der Waals surface area (Å²) in [5.41, 5.74) is 2.90. The van der Waals surface area contributed by atoms with Gasteiger partial charge in [0, 0.05) is 23.9 Å². The number of rotatable bonds is 5. The molecule has 6 nitrogen and oxygen atoms in total. The minimum atomic E-state index is -0.992. The Morgan fingerprint density at radius 2 is 2.09 bits per heavy atom. The first-order chi connectivity index (χ1) is 10.7. The van der Waals surface area contributed by atoms with Crippen LogP contribution in [0.5, 0.6) is 0 Å². The standard InChI is InChI=1S/C16H14N2O4/c19-7-6-17-12-4-5-13-14(9-12)22-15(18-13)10-2-1-3-11(8-10)16(20)21/h1-5,8-9,17,19H,6-7H2,(H,20,21). The molecule has 3 aromatic rings. The van der Waals surface area contributed by atoms with Gasteiger partial charge < -0.3 is 19.9 Å². The summed E-state index contributed by atoms with van der Waals surface area (Å²) in [7, 11) is 0. The molecule has 0 bridgehead atoms. The molecular weight excluding hydrogens is 284 g/mol. The maximum absolute atomic E-state index is 11.0. The Morgan fingerprint density at radius 3 is 2.86 bits per heavy atom. The fourth-order valence-electron chi connectivity index (χ4n) is 2.14. The zero-order valence-electron chi connectivity index (χ0n) is 11.6. The molecule has 0 saturated carbocycles. The molecule has 0 aliphatic heterocycles. The van der Waals surface area contributed by atoms with Crippen molar-refractivity contribution < 1.29 is 19.4 Å². The van der Waals surface area contributed by atoms with E-state index in [9.17, 15) is 4.79 Å². The van der Waals surface area contributed by atoms with Gasteiger partial charge in [0.1, 0.15) is 5.52 Å². The lowest BCUT2D eigenvalue weighted by Gasteiger charge is -2.02. The van der Waals surface area contributed by atoms with E-state index in [0.29, 0.717) is 29.1 Å². The van der Waals surface area contributed by atoms with Gasteiger partial charge in [-0.05, 0) is 30.3 Å². The number of carboxylic acids is 1. The highest BCUT2D eigenvalue weighted by Crippen LogP contribution is 2.26. The van der Waals surface area contributed by atoms with Crippen molar-refractivity contribution in [3.63, 3.8) is 0 Å². The van der Waals surface area contributed by atoms with Crippen LogP contribution in [-0.4, -0.2) is 34.3 Å². The largest absolute Gasteiger partial charge is 0.478 e. The van der Waals surface area contributed by atoms with E-state index in [2.05, 4.69) is 10.3 Å². The van der Waals surface area contributed by atoms with Crippen molar-refractivity contribution in [3.8, 4) is 11.5 Å². The van der Waals surface area contributed by atoms with Crippen LogP contribution >= 0.6 is 0 Å². The zero-order valence-corrected chi connectivity index (χ0v) is 11.6. The van der Waals surface area contributed by atoms with Crippen LogP contribution in [0.1, 0.15) is 10.4 Å². The van der Waals surface area contributed by atoms with Crippen molar-refractivity contribution in [2.45, 2.75) is 0 Å². The van der Waals surface area contributed by atoms with E-state index in [1.807, 2.05) is 12.1 Å². The van der Waals surface area contributed by atoms with Crippen molar-refractivity contribution in [1.82, 2.24) is 4.98 Å². The van der Waals surface area contributed by atoms with Gasteiger partial charge in [0.05, 0.1) is 12.2 Å². The van der Waals surface area contributed by atoms with Gasteiger partial charge in [-0.1, -0.05) is 6.07 Å². The molecule has 22 heavy (non-hydrogen) atoms. The van der Waals surface area contributed by atoms with Crippen molar-refractivity contribution >= 4 is 22.8 Å². The van der Waals surface area contributed by atoms with Gasteiger partial charge in [-0.25, -0.2) is 9.78 Å². The van der Waals surface area contributed by atoms with Crippen molar-refractivity contribution in [3.05, 3.63) is 48.0 Å². The number of anilines is 1. The van der Waals surface area contributed by atoms with Gasteiger partial charge in [-0.2, -0.15) is 0 Å². The number of carbonyl (C=O) groups is 1. The number of nitrogens with zero attached hydrogens (tertiary/aromatic N) is 1. The molecule has 1 aromatic heterocycles. The summed E-state index contributed by atoms with van der Waals surface area (Å²) in [4.78, 5) is 15.4. The van der Waals surface area contributed by atoms with Crippen LogP contribution in [0.25, 0.3) is 22.6 Å². The predicted molar refractivity (Wildman–Crippen MR) is 82.0 cm³/mol. The number of aliphatic hydroxyl groups excluding tert-OH is 1. The van der Waals surface area contributed by atoms with Crippen LogP contribution in [0.4, 0.5) is 5.69 Å². The minimum absolute atomic E-state index is 0.0433. The summed E-state index contributed by atoms with van der Waals surface area (Å²) in [5.74, 6) is -0.620. The van der Waals surface area contributed by atoms with Crippen LogP contribution in [0.2, 0.25) is 0 Å². The number of aromatic nitrogens is 1. The van der Waals surface area contributed by atoms with Gasteiger partial charge in [0.15, 0.2) is 5.58 Å². The molecule has 112 valence electrons. The fraction of sp³-hybridized carbons (Fsp3) is 0.125. The van der Waals surface area contributed by atoms with Crippen LogP contribution in [-0.2, 0) is 0 Å². The minimum Gasteiger partial charge on any atom is -0.478 e. The molecule has 0 spiro atoms. The number of hydrogen-bond donors (Lipinski definition) is 3. The highest BCUT2D eigenvalue weighted by atomic mass is 16.4. The summed E-state index contributed by atoms with van der Waals surface area (Å²) in [6, 6.07) is 11.9. The molecule has 0 fully saturated rings. The molecule has 0 unspecified atom stereocenters. The van der Waals surface area contributed by atoms with Crippen LogP contribution < -0.4 is 5.32 Å². The van der Waals surface area contributed by atoms with Crippen molar-refractivity contribution in [2.24, 2.45) is 0 Å². The highest BCUT2D eigenvalue weighted by molar-refractivity contribution is 5.89. The molecule has 3 N–H and O–H groups in total. The molecule has 3 rings (SSSR count). The number of nitrogens with one attached hydrogen (secondary N) is 1. The average molecular weight is 298 g/mol. The molecular formula is C16H14N2O4. The van der Waals surface area contributed by atoms with E-state index in [-0.39, 0.29) is 12.2 Å². The Kier molecular flexibility index (Phi) is 3.76. The Balaban J connectivity index is 1.97. The van der Waals surface area contributed by atoms with Gasteiger partial charge in [-0.15, -0.1) is 0 Å². The molecule has 1 heterocycles. The SMILES string of the molecule is O=C(O)c1cccc(-c2nc3ccc(NCCO)cc3o2)c1. The molecule has 6 heteroatoms. The molecule has 0 aliphatic rings. The van der Waals surface area contributed by atoms with E-state index >= 15 is 0 Å². The van der Waals surface area contributed by atoms with E-state index in [4.69, 9.17) is 14.6 Å². The number of aliphatic hydroxyl groups is 1. The number of hydrogen-bond acceptors (Lipinski definition) is 5. The summed E-state index contributed by atoms with van der Waals surface area (Å²) in [6.45, 7) is 0.495. The molecule has 2 aromatic carbocycles. The number of fused-ring (bicyclic) bond motifs is 1. The molecule has 0 radical (unpaired) electrons. The third-order valence-electron chi connectivity index (χ3n) is 3.19. The van der Waals surface area contributed by atoms with E-state index in [0.717, 1.165) is 5.69 Å². The molecule has 0 amide bonds. The highest BCUT2D eigenvalue weighted by Gasteiger charge is 2.11. The topological polar surface area (TPSA) is 95.6 Å². The Labute approximate surface area is 126 Å². The number of aromatic carboxylic acids is 1. The smallest absolute Gasteiger partial charge is 0.335 e. The quantitative estimate of drug-likeness (QED) is 0.670. The van der Waals surface area contributed by atoms with E-state index in [1.165, 1.54) is 12.1 Å². The van der Waals surface area contributed by atoms with Crippen LogP contribution in [0.3, 0.4) is 0 Å². The van der Waals surface area contributed by atoms with E-state index < -0.39 is 5.97 Å². The Bertz CT molecular complexity index is 826. The summed E-state index contributed by atoms with van der Waals surface area (Å²) >= 11 is 0. The van der Waals surface area contributed by atoms with Crippen molar-refractivity contribution in [1.29, 1.82) is 0 Å². The number of carboxylic acid groups (broad SMARTS) is 1. The maximum Gasteiger partial charge on any atom is 0.335 e. The predicted octanol–water partition coefficient (Wildman–Crippen LogP) is 2.60. The second-order valence-corrected chi connectivity index (χ2v) is 4.74. The summed E-state index contributed by atoms with van der Waals surface area (Å²) in [6.07, 6.45) is 0. The molecule has 0 atom stereocenters. The van der Waals surface area contributed by atoms with Gasteiger partial charge in [-0.3, -0.25) is 0 Å². The average Bonchev–Trinajstić information content (AvgIpc) is 2.96. The van der Waals surface area contributed by atoms with Crippen LogP contribution in [0, 0.1) is 0 Å². The third kappa shape index (κ3) is 2.77. The number of oxazole rings is 1. The van der Waals surface area contributed by atoms with Crippen molar-refractivity contribution in [2.75, 3.05) is 18.5 Å². The monoisotopic (exact) mass is 298 g/mol. The normalized spacial score (nSPS) is 10.8. The first kappa shape index (κ1) is 14.1. The lowest BCUT2D eigenvalue weighted by molar-refractivity contribution is 0.0697. The maximum atomic E-state index is 11.0. The lowest BCUT2D eigenvalue weighted by Crippen LogP contribution is -2.04. The Morgan fingerprint density at radius 1 is 1.23 bits per heavy atom. The van der Waals surface area contributed by atoms with Gasteiger partial charge in [0.2, 0.25) is 5.89 Å². The lowest BCUT2D eigenvalue weighted by atomic mass is 10.1. The second kappa shape index (κ2) is 5.87. The Hall–Kier alpha value is -2.86. The van der Waals surface area contributed by atoms with Gasteiger partial charge in [0.25, 0.3) is 0 Å². The molecule has 0 aliphatic carbocycles. The first-order valence-electron chi connectivity index (χ1n) is 6.76. The zero-order chi connectivity index (χ0) is 15.5. The van der Waals surface area contributed by atoms with Crippen LogP contribution in [0.15, 0.2) is 46.9 Å². The summed E-state index contributed by atoms with van der Waals surface area (Å²) < 4.78 is 5.70. The first-order valence-corrected chi connectivity index (χ1v) is 6.76. The summed E-state index contributed by atoms with van der Waals surface area (Å²) in [5, 5.41) is 20.9. The third-order valence-corrected chi connectivity index (χ3v) is 3.19. The number of benzene rings is 2.